The molecule has 0 aromatic carbocycles. The normalized spacial score (nSPS) is 6.80. The summed E-state index contributed by atoms with van der Waals surface area (Å²) in [6, 6.07) is 0. The molecule has 0 amide bonds. The molecule has 0 atom stereocenters. The zero-order valence-electron chi connectivity index (χ0n) is 4.53. The average Bonchev–Trinajstić information content (AvgIpc) is 1.61. The van der Waals surface area contributed by atoms with E-state index in [-0.39, 0.29) is 44.1 Å². The van der Waals surface area contributed by atoms with Crippen molar-refractivity contribution in [3.8, 4) is 0 Å². The molecule has 0 aliphatic rings. The molecule has 0 aliphatic carbocycles. The van der Waals surface area contributed by atoms with Crippen molar-refractivity contribution in [1.29, 1.82) is 0 Å². The van der Waals surface area contributed by atoms with E-state index in [1.807, 2.05) is 0 Å². The fraction of sp³-hybridized carbons (Fsp3) is 0.500. The van der Waals surface area contributed by atoms with E-state index in [1.165, 1.54) is 0 Å². The van der Waals surface area contributed by atoms with Gasteiger partial charge in [-0.1, -0.05) is 0 Å². The van der Waals surface area contributed by atoms with Crippen molar-refractivity contribution in [1.82, 2.24) is 0 Å². The Bertz CT molecular complexity index is 102. The molecule has 0 heterocycles. The maximum atomic E-state index is 9.64. The topological polar surface area (TPSA) is 74.6 Å². The van der Waals surface area contributed by atoms with Crippen molar-refractivity contribution in [3.05, 3.63) is 0 Å². The molecule has 0 bridgehead atoms. The fourth-order valence-corrected chi connectivity index (χ4v) is 0.214. The van der Waals surface area contributed by atoms with Crippen LogP contribution in [-0.2, 0) is 9.59 Å². The summed E-state index contributed by atoms with van der Waals surface area (Å²) in [5.41, 5.74) is 0. The Morgan fingerprint density at radius 2 is 1.20 bits per heavy atom. The molecule has 0 radical (unpaired) electrons. The van der Waals surface area contributed by atoms with Crippen LogP contribution in [0.3, 0.4) is 0 Å². The first-order chi connectivity index (χ1) is 3.63. The number of hydrogen-bond acceptors (Lipinski definition) is 2. The van der Waals surface area contributed by atoms with E-state index in [1.54, 1.807) is 0 Å². The Morgan fingerprint density at radius 3 is 1.30 bits per heavy atom. The van der Waals surface area contributed by atoms with E-state index in [0.717, 1.165) is 0 Å². The Balaban J connectivity index is -0.000000245. The number of hydrogen-bond donors (Lipinski definition) is 2. The van der Waals surface area contributed by atoms with Crippen LogP contribution in [-0.4, -0.2) is 41.0 Å². The van der Waals surface area contributed by atoms with Gasteiger partial charge in [-0.05, 0) is 0 Å². The molecule has 0 rings (SSSR count). The van der Waals surface area contributed by atoms with Gasteiger partial charge in [0.25, 0.3) is 0 Å². The second-order valence-electron chi connectivity index (χ2n) is 1.29. The van der Waals surface area contributed by atoms with E-state index < -0.39 is 11.9 Å². The molecule has 0 saturated carbocycles. The minimum absolute atomic E-state index is 0. The number of carboxylic acid groups (broad SMARTS) is 2. The summed E-state index contributed by atoms with van der Waals surface area (Å²) >= 11 is 0. The van der Waals surface area contributed by atoms with Gasteiger partial charge in [0.1, 0.15) is 0 Å². The fourth-order valence-electron chi connectivity index (χ4n) is 0.214. The van der Waals surface area contributed by atoms with Gasteiger partial charge < -0.3 is 10.2 Å². The maximum absolute atomic E-state index is 9.64. The summed E-state index contributed by atoms with van der Waals surface area (Å²) in [4.78, 5) is 19.3. The van der Waals surface area contributed by atoms with Gasteiger partial charge in [0.2, 0.25) is 0 Å². The number of aliphatic carboxylic acids is 2. The van der Waals surface area contributed by atoms with Gasteiger partial charge >= 0.3 is 30.8 Å². The van der Waals surface area contributed by atoms with E-state index in [2.05, 4.69) is 0 Å². The van der Waals surface area contributed by atoms with Crippen molar-refractivity contribution >= 4 is 43.2 Å². The summed E-state index contributed by atoms with van der Waals surface area (Å²) < 4.78 is 0. The SMILES string of the molecule is Cl.O=C(O)CCC(=O)O.[LiH]. The van der Waals surface area contributed by atoms with Crippen LogP contribution in [0.1, 0.15) is 12.8 Å². The first-order valence-corrected chi connectivity index (χ1v) is 2.06. The third-order valence-corrected chi connectivity index (χ3v) is 0.553. The monoisotopic (exact) mass is 162 g/mol. The number of rotatable bonds is 3. The Kier molecular flexibility index (Phi) is 14.5. The third kappa shape index (κ3) is 15.7. The summed E-state index contributed by atoms with van der Waals surface area (Å²) in [5.74, 6) is -2.15. The molecule has 0 unspecified atom stereocenters. The van der Waals surface area contributed by atoms with E-state index in [9.17, 15) is 9.59 Å². The number of carboxylic acids is 2. The summed E-state index contributed by atoms with van der Waals surface area (Å²) in [6.07, 6.45) is -0.593. The van der Waals surface area contributed by atoms with Gasteiger partial charge in [-0.15, -0.1) is 12.4 Å². The zero-order chi connectivity index (χ0) is 6.57. The predicted molar refractivity (Wildman–Crippen MR) is 38.9 cm³/mol. The second-order valence-corrected chi connectivity index (χ2v) is 1.29. The van der Waals surface area contributed by atoms with Crippen LogP contribution < -0.4 is 0 Å². The summed E-state index contributed by atoms with van der Waals surface area (Å²) in [6.45, 7) is 0. The van der Waals surface area contributed by atoms with Gasteiger partial charge in [-0.25, -0.2) is 0 Å². The molecule has 0 aliphatic heterocycles. The Hall–Kier alpha value is -0.173. The van der Waals surface area contributed by atoms with Crippen molar-refractivity contribution in [2.45, 2.75) is 12.8 Å². The molecule has 0 spiro atoms. The van der Waals surface area contributed by atoms with Crippen molar-refractivity contribution in [3.63, 3.8) is 0 Å². The third-order valence-electron chi connectivity index (χ3n) is 0.553. The molecule has 56 valence electrons. The summed E-state index contributed by atoms with van der Waals surface area (Å²) in [7, 11) is 0. The first kappa shape index (κ1) is 16.4. The van der Waals surface area contributed by atoms with Crippen LogP contribution in [0.25, 0.3) is 0 Å². The quantitative estimate of drug-likeness (QED) is 0.559. The molecular formula is C4H8ClLiO4. The van der Waals surface area contributed by atoms with Gasteiger partial charge in [0.05, 0.1) is 12.8 Å². The van der Waals surface area contributed by atoms with E-state index in [0.29, 0.717) is 0 Å². The van der Waals surface area contributed by atoms with Crippen molar-refractivity contribution in [2.75, 3.05) is 0 Å². The van der Waals surface area contributed by atoms with Gasteiger partial charge in [0.15, 0.2) is 0 Å². The van der Waals surface area contributed by atoms with Crippen molar-refractivity contribution in [2.24, 2.45) is 0 Å². The molecule has 0 aromatic rings. The van der Waals surface area contributed by atoms with Crippen LogP contribution in [0, 0.1) is 0 Å². The minimum atomic E-state index is -1.08. The Morgan fingerprint density at radius 1 is 1.00 bits per heavy atom. The number of carbonyl (C=O) groups is 2. The average molecular weight is 162 g/mol. The zero-order valence-corrected chi connectivity index (χ0v) is 5.35. The van der Waals surface area contributed by atoms with Gasteiger partial charge in [-0.3, -0.25) is 9.59 Å². The van der Waals surface area contributed by atoms with Crippen LogP contribution in [0.5, 0.6) is 0 Å². The van der Waals surface area contributed by atoms with Crippen molar-refractivity contribution < 1.29 is 19.8 Å². The van der Waals surface area contributed by atoms with E-state index in [4.69, 9.17) is 10.2 Å². The number of halogens is 1. The van der Waals surface area contributed by atoms with Crippen LogP contribution in [0.2, 0.25) is 0 Å². The molecule has 4 nitrogen and oxygen atoms in total. The molecular weight excluding hydrogens is 154 g/mol. The van der Waals surface area contributed by atoms with Crippen LogP contribution >= 0.6 is 12.4 Å². The summed E-state index contributed by atoms with van der Waals surface area (Å²) in [5, 5.41) is 15.8. The first-order valence-electron chi connectivity index (χ1n) is 2.06. The van der Waals surface area contributed by atoms with E-state index >= 15 is 0 Å². The van der Waals surface area contributed by atoms with Crippen LogP contribution in [0.4, 0.5) is 0 Å². The molecule has 0 aromatic heterocycles. The molecule has 6 heteroatoms. The molecule has 2 N–H and O–H groups in total. The standard InChI is InChI=1S/C4H6O4.ClH.Li.H/c5-3(6)1-2-4(7)8;;;/h1-2H2,(H,5,6)(H,7,8);1H;;. The molecule has 0 saturated heterocycles. The Labute approximate surface area is 76.2 Å². The predicted octanol–water partition coefficient (Wildman–Crippen LogP) is -0.291. The van der Waals surface area contributed by atoms with Crippen LogP contribution in [0.15, 0.2) is 0 Å². The molecule has 0 fully saturated rings. The second kappa shape index (κ2) is 8.83. The molecule has 10 heavy (non-hydrogen) atoms. The van der Waals surface area contributed by atoms with Gasteiger partial charge in [-0.2, -0.15) is 0 Å². The van der Waals surface area contributed by atoms with Gasteiger partial charge in [0, 0.05) is 0 Å².